The Kier molecular flexibility index (Phi) is 4.86. The fourth-order valence-electron chi connectivity index (χ4n) is 4.49. The molecular formula is C20H26N4O3. The highest BCUT2D eigenvalue weighted by Crippen LogP contribution is 2.34. The van der Waals surface area contributed by atoms with Gasteiger partial charge in [0.05, 0.1) is 0 Å². The molecule has 1 spiro atoms. The van der Waals surface area contributed by atoms with Crippen LogP contribution in [0, 0.1) is 0 Å². The predicted molar refractivity (Wildman–Crippen MR) is 99.7 cm³/mol. The van der Waals surface area contributed by atoms with Gasteiger partial charge in [-0.1, -0.05) is 43.2 Å². The first kappa shape index (κ1) is 18.0. The van der Waals surface area contributed by atoms with E-state index in [2.05, 4.69) is 27.7 Å². The molecule has 2 aliphatic heterocycles. The lowest BCUT2D eigenvalue weighted by atomic mass is 9.98. The quantitative estimate of drug-likeness (QED) is 0.764. The van der Waals surface area contributed by atoms with Gasteiger partial charge in [-0.25, -0.2) is 4.79 Å². The molecule has 0 aromatic heterocycles. The molecule has 0 radical (unpaired) electrons. The van der Waals surface area contributed by atoms with Crippen LogP contribution in [0.4, 0.5) is 4.79 Å². The van der Waals surface area contributed by atoms with Crippen molar-refractivity contribution < 1.29 is 14.4 Å². The first-order valence-corrected chi connectivity index (χ1v) is 9.75. The van der Waals surface area contributed by atoms with E-state index in [-0.39, 0.29) is 24.4 Å². The van der Waals surface area contributed by atoms with Crippen molar-refractivity contribution in [3.8, 4) is 0 Å². The van der Waals surface area contributed by atoms with Crippen LogP contribution in [0.5, 0.6) is 0 Å². The van der Waals surface area contributed by atoms with Crippen molar-refractivity contribution in [3.05, 3.63) is 35.9 Å². The van der Waals surface area contributed by atoms with E-state index in [1.807, 2.05) is 18.2 Å². The fraction of sp³-hybridized carbons (Fsp3) is 0.550. The highest BCUT2D eigenvalue weighted by molar-refractivity contribution is 6.09. The van der Waals surface area contributed by atoms with Crippen LogP contribution in [-0.2, 0) is 16.1 Å². The fourth-order valence-corrected chi connectivity index (χ4v) is 4.49. The largest absolute Gasteiger partial charge is 0.350 e. The second kappa shape index (κ2) is 7.31. The SMILES string of the molecule is O=C(CN1C(=O)NC2(CCCC2)C1=O)N[C@@H]1CCN(Cc2ccccc2)C1. The number of benzene rings is 1. The van der Waals surface area contributed by atoms with Crippen LogP contribution in [0.15, 0.2) is 30.3 Å². The Bertz CT molecular complexity index is 730. The molecule has 0 bridgehead atoms. The Hall–Kier alpha value is -2.41. The monoisotopic (exact) mass is 370 g/mol. The lowest BCUT2D eigenvalue weighted by Crippen LogP contribution is -2.47. The number of hydrogen-bond donors (Lipinski definition) is 2. The van der Waals surface area contributed by atoms with E-state index >= 15 is 0 Å². The molecule has 2 saturated heterocycles. The van der Waals surface area contributed by atoms with E-state index in [9.17, 15) is 14.4 Å². The highest BCUT2D eigenvalue weighted by Gasteiger charge is 2.52. The number of nitrogens with one attached hydrogen (secondary N) is 2. The number of nitrogens with zero attached hydrogens (tertiary/aromatic N) is 2. The molecular weight excluding hydrogens is 344 g/mol. The smallest absolute Gasteiger partial charge is 0.325 e. The third-order valence-corrected chi connectivity index (χ3v) is 5.89. The second-order valence-corrected chi connectivity index (χ2v) is 7.88. The minimum Gasteiger partial charge on any atom is -0.350 e. The van der Waals surface area contributed by atoms with Crippen molar-refractivity contribution in [3.63, 3.8) is 0 Å². The van der Waals surface area contributed by atoms with Gasteiger partial charge in [0.15, 0.2) is 0 Å². The number of carbonyl (C=O) groups is 3. The van der Waals surface area contributed by atoms with Crippen molar-refractivity contribution in [2.75, 3.05) is 19.6 Å². The molecule has 1 aromatic carbocycles. The van der Waals surface area contributed by atoms with Gasteiger partial charge < -0.3 is 10.6 Å². The Morgan fingerprint density at radius 2 is 1.93 bits per heavy atom. The molecule has 1 saturated carbocycles. The van der Waals surface area contributed by atoms with E-state index in [1.165, 1.54) is 5.56 Å². The summed E-state index contributed by atoms with van der Waals surface area (Å²) in [6.07, 6.45) is 4.10. The molecule has 27 heavy (non-hydrogen) atoms. The van der Waals surface area contributed by atoms with Crippen molar-refractivity contribution in [1.82, 2.24) is 20.4 Å². The van der Waals surface area contributed by atoms with Crippen LogP contribution in [0.1, 0.15) is 37.7 Å². The molecule has 2 heterocycles. The Morgan fingerprint density at radius 3 is 2.67 bits per heavy atom. The van der Waals surface area contributed by atoms with Gasteiger partial charge in [0.1, 0.15) is 12.1 Å². The van der Waals surface area contributed by atoms with Crippen molar-refractivity contribution >= 4 is 17.8 Å². The number of rotatable bonds is 5. The van der Waals surface area contributed by atoms with Crippen LogP contribution in [0.3, 0.4) is 0 Å². The van der Waals surface area contributed by atoms with Gasteiger partial charge in [-0.15, -0.1) is 0 Å². The first-order valence-electron chi connectivity index (χ1n) is 9.75. The summed E-state index contributed by atoms with van der Waals surface area (Å²) in [5.74, 6) is -0.502. The Labute approximate surface area is 159 Å². The first-order chi connectivity index (χ1) is 13.1. The zero-order valence-corrected chi connectivity index (χ0v) is 15.4. The highest BCUT2D eigenvalue weighted by atomic mass is 16.2. The van der Waals surface area contributed by atoms with Gasteiger partial charge in [0, 0.05) is 25.7 Å². The average Bonchev–Trinajstić information content (AvgIpc) is 3.34. The summed E-state index contributed by atoms with van der Waals surface area (Å²) >= 11 is 0. The van der Waals surface area contributed by atoms with E-state index in [4.69, 9.17) is 0 Å². The summed E-state index contributed by atoms with van der Waals surface area (Å²) in [7, 11) is 0. The normalized spacial score (nSPS) is 24.6. The molecule has 1 atom stereocenters. The minimum absolute atomic E-state index is 0.0578. The zero-order chi connectivity index (χ0) is 18.9. The molecule has 4 amide bonds. The molecule has 4 rings (SSSR count). The summed E-state index contributed by atoms with van der Waals surface area (Å²) in [6, 6.07) is 9.88. The maximum atomic E-state index is 12.6. The van der Waals surface area contributed by atoms with E-state index in [1.54, 1.807) is 0 Å². The molecule has 1 aliphatic carbocycles. The molecule has 3 fully saturated rings. The number of amides is 4. The number of likely N-dealkylation sites (tertiary alicyclic amines) is 1. The average molecular weight is 370 g/mol. The number of urea groups is 1. The molecule has 144 valence electrons. The lowest BCUT2D eigenvalue weighted by molar-refractivity contribution is -0.135. The summed E-state index contributed by atoms with van der Waals surface area (Å²) in [5.41, 5.74) is 0.502. The third-order valence-electron chi connectivity index (χ3n) is 5.89. The summed E-state index contributed by atoms with van der Waals surface area (Å²) in [6.45, 7) is 2.38. The van der Waals surface area contributed by atoms with Crippen LogP contribution < -0.4 is 10.6 Å². The summed E-state index contributed by atoms with van der Waals surface area (Å²) in [5, 5.41) is 5.80. The van der Waals surface area contributed by atoms with Gasteiger partial charge in [0.2, 0.25) is 5.91 Å². The Morgan fingerprint density at radius 1 is 1.19 bits per heavy atom. The molecule has 2 N–H and O–H groups in total. The van der Waals surface area contributed by atoms with Gasteiger partial charge in [-0.05, 0) is 24.8 Å². The molecule has 1 aromatic rings. The lowest BCUT2D eigenvalue weighted by Gasteiger charge is -2.20. The molecule has 7 nitrogen and oxygen atoms in total. The number of carbonyl (C=O) groups excluding carboxylic acids is 3. The van der Waals surface area contributed by atoms with Crippen LogP contribution in [0.2, 0.25) is 0 Å². The van der Waals surface area contributed by atoms with Crippen LogP contribution in [0.25, 0.3) is 0 Å². The predicted octanol–water partition coefficient (Wildman–Crippen LogP) is 1.24. The van der Waals surface area contributed by atoms with Crippen molar-refractivity contribution in [2.45, 2.75) is 50.2 Å². The number of hydrogen-bond acceptors (Lipinski definition) is 4. The Balaban J connectivity index is 1.27. The van der Waals surface area contributed by atoms with Gasteiger partial charge in [-0.2, -0.15) is 0 Å². The molecule has 7 heteroatoms. The second-order valence-electron chi connectivity index (χ2n) is 7.88. The van der Waals surface area contributed by atoms with Gasteiger partial charge >= 0.3 is 6.03 Å². The third kappa shape index (κ3) is 3.69. The minimum atomic E-state index is -0.753. The van der Waals surface area contributed by atoms with Crippen LogP contribution >= 0.6 is 0 Å². The standard InChI is InChI=1S/C20H26N4O3/c25-17(14-24-18(26)20(22-19(24)27)9-4-5-10-20)21-16-8-11-23(13-16)12-15-6-2-1-3-7-15/h1-3,6-7,16H,4-5,8-14H2,(H,21,25)(H,22,27)/t16-/m1/s1. The van der Waals surface area contributed by atoms with E-state index in [0.29, 0.717) is 12.8 Å². The van der Waals surface area contributed by atoms with Crippen molar-refractivity contribution in [2.24, 2.45) is 0 Å². The molecule has 3 aliphatic rings. The maximum Gasteiger partial charge on any atom is 0.325 e. The van der Waals surface area contributed by atoms with Gasteiger partial charge in [0.25, 0.3) is 5.91 Å². The van der Waals surface area contributed by atoms with Crippen LogP contribution in [-0.4, -0.2) is 58.9 Å². The van der Waals surface area contributed by atoms with Crippen molar-refractivity contribution in [1.29, 1.82) is 0 Å². The van der Waals surface area contributed by atoms with E-state index in [0.717, 1.165) is 43.8 Å². The topological polar surface area (TPSA) is 81.8 Å². The van der Waals surface area contributed by atoms with Gasteiger partial charge in [-0.3, -0.25) is 19.4 Å². The summed E-state index contributed by atoms with van der Waals surface area (Å²) < 4.78 is 0. The zero-order valence-electron chi connectivity index (χ0n) is 15.4. The number of imide groups is 1. The molecule has 0 unspecified atom stereocenters. The summed E-state index contributed by atoms with van der Waals surface area (Å²) in [4.78, 5) is 40.6. The van der Waals surface area contributed by atoms with E-state index < -0.39 is 11.6 Å². The maximum absolute atomic E-state index is 12.6.